The Morgan fingerprint density at radius 3 is 2.41 bits per heavy atom. The number of benzene rings is 1. The minimum absolute atomic E-state index is 0.172. The summed E-state index contributed by atoms with van der Waals surface area (Å²) in [4.78, 5) is 12.8. The van der Waals surface area contributed by atoms with Crippen LogP contribution in [0.5, 0.6) is 0 Å². The van der Waals surface area contributed by atoms with Gasteiger partial charge in [0, 0.05) is 32.0 Å². The van der Waals surface area contributed by atoms with E-state index in [0.717, 1.165) is 19.3 Å². The molecule has 1 N–H and O–H groups in total. The molecule has 0 bridgehead atoms. The molecular weight excluding hydrogens is 362 g/mol. The van der Waals surface area contributed by atoms with Crippen molar-refractivity contribution in [3.05, 3.63) is 47.8 Å². The molecule has 7 heteroatoms. The maximum Gasteiger partial charge on any atom is 0.272 e. The van der Waals surface area contributed by atoms with Gasteiger partial charge in [0.15, 0.2) is 0 Å². The van der Waals surface area contributed by atoms with Crippen LogP contribution in [0.15, 0.2) is 41.4 Å². The highest BCUT2D eigenvalue weighted by atomic mass is 32.2. The zero-order chi connectivity index (χ0) is 19.6. The number of aromatic nitrogens is 1. The van der Waals surface area contributed by atoms with Gasteiger partial charge >= 0.3 is 0 Å². The van der Waals surface area contributed by atoms with E-state index in [-0.39, 0.29) is 10.8 Å². The summed E-state index contributed by atoms with van der Waals surface area (Å²) in [5.74, 6) is 0.225. The van der Waals surface area contributed by atoms with Gasteiger partial charge in [0.1, 0.15) is 10.6 Å². The molecule has 1 fully saturated rings. The number of carbonyl (C=O) groups excluding carboxylic acids is 1. The number of piperidine rings is 1. The molecule has 1 aliphatic heterocycles. The van der Waals surface area contributed by atoms with Gasteiger partial charge in [-0.1, -0.05) is 26.0 Å². The number of hydrogen-bond donors (Lipinski definition) is 1. The average Bonchev–Trinajstić information content (AvgIpc) is 3.05. The second-order valence-corrected chi connectivity index (χ2v) is 9.20. The molecule has 6 nitrogen and oxygen atoms in total. The number of amides is 1. The van der Waals surface area contributed by atoms with E-state index in [1.165, 1.54) is 22.1 Å². The van der Waals surface area contributed by atoms with Gasteiger partial charge in [0.2, 0.25) is 10.0 Å². The van der Waals surface area contributed by atoms with E-state index in [1.807, 2.05) is 24.3 Å². The van der Waals surface area contributed by atoms with Crippen molar-refractivity contribution >= 4 is 21.6 Å². The number of rotatable bonds is 5. The summed E-state index contributed by atoms with van der Waals surface area (Å²) in [5, 5.41) is 2.83. The first kappa shape index (κ1) is 19.6. The van der Waals surface area contributed by atoms with Crippen LogP contribution in [-0.2, 0) is 23.5 Å². The normalized spacial score (nSPS) is 16.4. The third kappa shape index (κ3) is 4.25. The van der Waals surface area contributed by atoms with E-state index >= 15 is 0 Å². The van der Waals surface area contributed by atoms with Gasteiger partial charge in [-0.2, -0.15) is 4.31 Å². The van der Waals surface area contributed by atoms with Gasteiger partial charge in [0.25, 0.3) is 5.91 Å². The predicted molar refractivity (Wildman–Crippen MR) is 106 cm³/mol. The highest BCUT2D eigenvalue weighted by Gasteiger charge is 2.30. The number of sulfonamides is 1. The highest BCUT2D eigenvalue weighted by molar-refractivity contribution is 7.89. The fraction of sp³-hybridized carbons (Fsp3) is 0.450. The topological polar surface area (TPSA) is 71.4 Å². The SMILES string of the molecule is CCc1ccc(NC(=O)c2cc(S(=O)(=O)N3CCC(C)CC3)cn2C)cc1. The fourth-order valence-corrected chi connectivity index (χ4v) is 4.84. The molecule has 0 saturated carbocycles. The molecule has 2 aromatic rings. The maximum atomic E-state index is 12.9. The number of nitrogens with one attached hydrogen (secondary N) is 1. The average molecular weight is 390 g/mol. The van der Waals surface area contributed by atoms with Crippen LogP contribution < -0.4 is 5.32 Å². The second kappa shape index (κ2) is 7.86. The van der Waals surface area contributed by atoms with E-state index in [1.54, 1.807) is 11.6 Å². The Balaban J connectivity index is 1.77. The van der Waals surface area contributed by atoms with Crippen LogP contribution in [0.2, 0.25) is 0 Å². The lowest BCUT2D eigenvalue weighted by Crippen LogP contribution is -2.37. The zero-order valence-electron chi connectivity index (χ0n) is 16.1. The van der Waals surface area contributed by atoms with Gasteiger partial charge in [-0.15, -0.1) is 0 Å². The Hall–Kier alpha value is -2.12. The van der Waals surface area contributed by atoms with Gasteiger partial charge in [-0.05, 0) is 48.9 Å². The van der Waals surface area contributed by atoms with Crippen LogP contribution in [-0.4, -0.2) is 36.3 Å². The number of carbonyl (C=O) groups is 1. The molecule has 0 atom stereocenters. The van der Waals surface area contributed by atoms with E-state index < -0.39 is 10.0 Å². The van der Waals surface area contributed by atoms with Crippen molar-refractivity contribution < 1.29 is 13.2 Å². The number of hydrogen-bond acceptors (Lipinski definition) is 3. The number of aryl methyl sites for hydroxylation is 2. The van der Waals surface area contributed by atoms with Crippen LogP contribution in [0.1, 0.15) is 42.7 Å². The first-order valence-corrected chi connectivity index (χ1v) is 10.8. The molecule has 2 heterocycles. The van der Waals surface area contributed by atoms with E-state index in [2.05, 4.69) is 19.2 Å². The van der Waals surface area contributed by atoms with Crippen LogP contribution in [0.3, 0.4) is 0 Å². The van der Waals surface area contributed by atoms with Gasteiger partial charge in [-0.25, -0.2) is 8.42 Å². The maximum absolute atomic E-state index is 12.9. The first-order chi connectivity index (χ1) is 12.8. The molecule has 1 aliphatic rings. The Bertz CT molecular complexity index is 908. The van der Waals surface area contributed by atoms with Crippen LogP contribution in [0.4, 0.5) is 5.69 Å². The quantitative estimate of drug-likeness (QED) is 0.853. The summed E-state index contributed by atoms with van der Waals surface area (Å²) in [6.07, 6.45) is 4.19. The fourth-order valence-electron chi connectivity index (χ4n) is 3.29. The van der Waals surface area contributed by atoms with Crippen molar-refractivity contribution in [2.75, 3.05) is 18.4 Å². The van der Waals surface area contributed by atoms with Crippen LogP contribution in [0, 0.1) is 5.92 Å². The molecule has 0 aliphatic carbocycles. The van der Waals surface area contributed by atoms with Gasteiger partial charge in [-0.3, -0.25) is 4.79 Å². The van der Waals surface area contributed by atoms with E-state index in [0.29, 0.717) is 30.4 Å². The molecule has 0 radical (unpaired) electrons. The standard InChI is InChI=1S/C20H27N3O3S/c1-4-16-5-7-17(8-6-16)21-20(24)19-13-18(14-22(19)3)27(25,26)23-11-9-15(2)10-12-23/h5-8,13-15H,4,9-12H2,1-3H3,(H,21,24). The van der Waals surface area contributed by atoms with Gasteiger partial charge in [0.05, 0.1) is 0 Å². The monoisotopic (exact) mass is 389 g/mol. The summed E-state index contributed by atoms with van der Waals surface area (Å²) in [6, 6.07) is 9.10. The molecule has 146 valence electrons. The van der Waals surface area contributed by atoms with Crippen molar-refractivity contribution in [3.8, 4) is 0 Å². The van der Waals surface area contributed by atoms with Crippen molar-refractivity contribution in [3.63, 3.8) is 0 Å². The Morgan fingerprint density at radius 1 is 1.19 bits per heavy atom. The summed E-state index contributed by atoms with van der Waals surface area (Å²) < 4.78 is 28.9. The molecule has 1 saturated heterocycles. The Labute approximate surface area is 161 Å². The zero-order valence-corrected chi connectivity index (χ0v) is 16.9. The second-order valence-electron chi connectivity index (χ2n) is 7.26. The third-order valence-corrected chi connectivity index (χ3v) is 7.08. The summed E-state index contributed by atoms with van der Waals surface area (Å²) in [5.41, 5.74) is 2.20. The molecule has 27 heavy (non-hydrogen) atoms. The summed E-state index contributed by atoms with van der Waals surface area (Å²) in [7, 11) is -1.88. The molecule has 0 spiro atoms. The van der Waals surface area contributed by atoms with Crippen molar-refractivity contribution in [2.45, 2.75) is 38.0 Å². The Morgan fingerprint density at radius 2 is 1.81 bits per heavy atom. The predicted octanol–water partition coefficient (Wildman–Crippen LogP) is 3.26. The lowest BCUT2D eigenvalue weighted by molar-refractivity contribution is 0.101. The van der Waals surface area contributed by atoms with E-state index in [9.17, 15) is 13.2 Å². The largest absolute Gasteiger partial charge is 0.345 e. The highest BCUT2D eigenvalue weighted by Crippen LogP contribution is 2.25. The number of anilines is 1. The Kier molecular flexibility index (Phi) is 5.72. The number of nitrogens with zero attached hydrogens (tertiary/aromatic N) is 2. The molecule has 0 unspecified atom stereocenters. The molecule has 1 amide bonds. The smallest absolute Gasteiger partial charge is 0.272 e. The van der Waals surface area contributed by atoms with Crippen LogP contribution in [0.25, 0.3) is 0 Å². The lowest BCUT2D eigenvalue weighted by atomic mass is 10.0. The van der Waals surface area contributed by atoms with Crippen molar-refractivity contribution in [2.24, 2.45) is 13.0 Å². The summed E-state index contributed by atoms with van der Waals surface area (Å²) >= 11 is 0. The van der Waals surface area contributed by atoms with Crippen molar-refractivity contribution in [1.82, 2.24) is 8.87 Å². The molecule has 1 aromatic heterocycles. The van der Waals surface area contributed by atoms with Crippen molar-refractivity contribution in [1.29, 1.82) is 0 Å². The minimum atomic E-state index is -3.57. The third-order valence-electron chi connectivity index (χ3n) is 5.21. The molecule has 1 aromatic carbocycles. The van der Waals surface area contributed by atoms with Gasteiger partial charge < -0.3 is 9.88 Å². The van der Waals surface area contributed by atoms with Crippen LogP contribution >= 0.6 is 0 Å². The molecule has 3 rings (SSSR count). The minimum Gasteiger partial charge on any atom is -0.345 e. The first-order valence-electron chi connectivity index (χ1n) is 9.38. The van der Waals surface area contributed by atoms with E-state index in [4.69, 9.17) is 0 Å². The summed E-state index contributed by atoms with van der Waals surface area (Å²) in [6.45, 7) is 5.28. The molecular formula is C20H27N3O3S. The lowest BCUT2D eigenvalue weighted by Gasteiger charge is -2.29.